The highest BCUT2D eigenvalue weighted by molar-refractivity contribution is 6.31. The fourth-order valence-corrected chi connectivity index (χ4v) is 2.83. The molecule has 1 aliphatic heterocycles. The van der Waals surface area contributed by atoms with Crippen LogP contribution in [0.4, 0.5) is 5.69 Å². The van der Waals surface area contributed by atoms with Gasteiger partial charge in [0, 0.05) is 15.7 Å². The molecule has 1 amide bonds. The van der Waals surface area contributed by atoms with Gasteiger partial charge in [-0.1, -0.05) is 35.3 Å². The third-order valence-corrected chi connectivity index (χ3v) is 4.08. The van der Waals surface area contributed by atoms with Gasteiger partial charge in [0.2, 0.25) is 5.91 Å². The third kappa shape index (κ3) is 2.61. The second-order valence-electron chi connectivity index (χ2n) is 4.85. The number of hydrogen-bond donors (Lipinski definition) is 0. The van der Waals surface area contributed by atoms with Crippen molar-refractivity contribution in [3.63, 3.8) is 0 Å². The molecule has 0 aliphatic carbocycles. The number of carbonyl (C=O) groups excluding carboxylic acids is 1. The van der Waals surface area contributed by atoms with Crippen molar-refractivity contribution in [3.05, 3.63) is 63.1 Å². The van der Waals surface area contributed by atoms with Crippen LogP contribution < -0.4 is 4.90 Å². The van der Waals surface area contributed by atoms with Crippen molar-refractivity contribution in [1.29, 1.82) is 5.26 Å². The van der Waals surface area contributed by atoms with E-state index in [1.54, 1.807) is 35.2 Å². The zero-order valence-corrected chi connectivity index (χ0v) is 12.4. The molecule has 104 valence electrons. The van der Waals surface area contributed by atoms with E-state index in [1.165, 1.54) is 0 Å². The van der Waals surface area contributed by atoms with Crippen LogP contribution in [0.1, 0.15) is 16.7 Å². The Labute approximate surface area is 132 Å². The van der Waals surface area contributed by atoms with Crippen molar-refractivity contribution >= 4 is 34.8 Å². The summed E-state index contributed by atoms with van der Waals surface area (Å²) < 4.78 is 0. The van der Waals surface area contributed by atoms with Crippen LogP contribution in [-0.2, 0) is 17.8 Å². The van der Waals surface area contributed by atoms with Gasteiger partial charge in [-0.25, -0.2) is 0 Å². The Morgan fingerprint density at radius 3 is 2.71 bits per heavy atom. The summed E-state index contributed by atoms with van der Waals surface area (Å²) in [6.45, 7) is 0.372. The molecule has 3 rings (SSSR count). The Kier molecular flexibility index (Phi) is 3.59. The van der Waals surface area contributed by atoms with E-state index in [2.05, 4.69) is 0 Å². The van der Waals surface area contributed by atoms with Crippen LogP contribution >= 0.6 is 23.2 Å². The zero-order valence-electron chi connectivity index (χ0n) is 10.9. The lowest BCUT2D eigenvalue weighted by atomic mass is 10.1. The van der Waals surface area contributed by atoms with Crippen molar-refractivity contribution < 1.29 is 4.79 Å². The van der Waals surface area contributed by atoms with Gasteiger partial charge in [-0.15, -0.1) is 0 Å². The smallest absolute Gasteiger partial charge is 0.231 e. The quantitative estimate of drug-likeness (QED) is 0.841. The summed E-state index contributed by atoms with van der Waals surface area (Å²) in [5.74, 6) is 0.0210. The van der Waals surface area contributed by atoms with Gasteiger partial charge >= 0.3 is 0 Å². The summed E-state index contributed by atoms with van der Waals surface area (Å²) in [6, 6.07) is 12.6. The molecule has 0 N–H and O–H groups in total. The number of nitrogens with zero attached hydrogens (tertiary/aromatic N) is 2. The molecule has 0 atom stereocenters. The minimum Gasteiger partial charge on any atom is -0.307 e. The Bertz CT molecular complexity index is 780. The van der Waals surface area contributed by atoms with Crippen molar-refractivity contribution in [2.75, 3.05) is 4.90 Å². The van der Waals surface area contributed by atoms with Gasteiger partial charge in [-0.2, -0.15) is 5.26 Å². The molecule has 0 saturated heterocycles. The fourth-order valence-electron chi connectivity index (χ4n) is 2.42. The molecule has 0 saturated carbocycles. The molecule has 0 unspecified atom stereocenters. The van der Waals surface area contributed by atoms with E-state index in [0.29, 0.717) is 28.6 Å². The first-order valence-electron chi connectivity index (χ1n) is 6.36. The summed E-state index contributed by atoms with van der Waals surface area (Å²) in [7, 11) is 0. The van der Waals surface area contributed by atoms with Gasteiger partial charge in [0.05, 0.1) is 24.6 Å². The summed E-state index contributed by atoms with van der Waals surface area (Å²) in [5.41, 5.74) is 3.10. The van der Waals surface area contributed by atoms with E-state index < -0.39 is 0 Å². The predicted molar refractivity (Wildman–Crippen MR) is 82.5 cm³/mol. The van der Waals surface area contributed by atoms with Crippen molar-refractivity contribution in [2.45, 2.75) is 13.0 Å². The van der Waals surface area contributed by atoms with Crippen LogP contribution in [0.3, 0.4) is 0 Å². The molecule has 0 bridgehead atoms. The number of carbonyl (C=O) groups is 1. The highest BCUT2D eigenvalue weighted by Gasteiger charge is 2.27. The highest BCUT2D eigenvalue weighted by atomic mass is 35.5. The van der Waals surface area contributed by atoms with Crippen LogP contribution in [0, 0.1) is 11.3 Å². The van der Waals surface area contributed by atoms with Crippen LogP contribution in [0.15, 0.2) is 36.4 Å². The first-order valence-corrected chi connectivity index (χ1v) is 7.11. The van der Waals surface area contributed by atoms with Crippen LogP contribution in [0.25, 0.3) is 0 Å². The first kappa shape index (κ1) is 13.9. The molecule has 2 aromatic carbocycles. The zero-order chi connectivity index (χ0) is 15.0. The second-order valence-corrected chi connectivity index (χ2v) is 5.69. The van der Waals surface area contributed by atoms with Gasteiger partial charge < -0.3 is 4.90 Å². The van der Waals surface area contributed by atoms with Crippen molar-refractivity contribution in [3.8, 4) is 6.07 Å². The lowest BCUT2D eigenvalue weighted by Gasteiger charge is -2.18. The SMILES string of the molecule is N#Cc1ccc(CN2C(=O)Cc3ccc(Cl)cc32)c(Cl)c1. The van der Waals surface area contributed by atoms with Gasteiger partial charge in [-0.05, 0) is 35.4 Å². The van der Waals surface area contributed by atoms with Gasteiger partial charge in [-0.3, -0.25) is 4.79 Å². The molecule has 1 aliphatic rings. The molecule has 0 fully saturated rings. The molecule has 1 heterocycles. The fraction of sp³-hybridized carbons (Fsp3) is 0.125. The summed E-state index contributed by atoms with van der Waals surface area (Å²) in [5, 5.41) is 9.93. The summed E-state index contributed by atoms with van der Waals surface area (Å²) in [4.78, 5) is 13.8. The summed E-state index contributed by atoms with van der Waals surface area (Å²) >= 11 is 12.2. The number of amides is 1. The second kappa shape index (κ2) is 5.40. The standard InChI is InChI=1S/C16H10Cl2N2O/c17-13-4-3-11-6-16(21)20(15(11)7-13)9-12-2-1-10(8-19)5-14(12)18/h1-5,7H,6,9H2. The van der Waals surface area contributed by atoms with E-state index in [1.807, 2.05) is 12.1 Å². The molecule has 21 heavy (non-hydrogen) atoms. The maximum atomic E-state index is 12.2. The lowest BCUT2D eigenvalue weighted by Crippen LogP contribution is -2.26. The van der Waals surface area contributed by atoms with Crippen LogP contribution in [0.2, 0.25) is 10.0 Å². The number of fused-ring (bicyclic) bond motifs is 1. The van der Waals surface area contributed by atoms with Crippen molar-refractivity contribution in [2.24, 2.45) is 0 Å². The molecule has 0 spiro atoms. The summed E-state index contributed by atoms with van der Waals surface area (Å²) in [6.07, 6.45) is 0.375. The van der Waals surface area contributed by atoms with E-state index in [-0.39, 0.29) is 5.91 Å². The molecule has 0 radical (unpaired) electrons. The molecule has 5 heteroatoms. The number of nitriles is 1. The average Bonchev–Trinajstić information content (AvgIpc) is 2.77. The number of rotatable bonds is 2. The number of benzene rings is 2. The number of halogens is 2. The minimum atomic E-state index is 0.0210. The molecule has 2 aromatic rings. The molecule has 0 aromatic heterocycles. The highest BCUT2D eigenvalue weighted by Crippen LogP contribution is 2.33. The van der Waals surface area contributed by atoms with E-state index in [9.17, 15) is 4.79 Å². The Morgan fingerprint density at radius 1 is 1.19 bits per heavy atom. The number of hydrogen-bond acceptors (Lipinski definition) is 2. The maximum Gasteiger partial charge on any atom is 0.231 e. The van der Waals surface area contributed by atoms with Crippen molar-refractivity contribution in [1.82, 2.24) is 0 Å². The molecule has 3 nitrogen and oxygen atoms in total. The van der Waals surface area contributed by atoms with E-state index in [4.69, 9.17) is 28.5 Å². The predicted octanol–water partition coefficient (Wildman–Crippen LogP) is 3.95. The first-order chi connectivity index (χ1) is 10.1. The van der Waals surface area contributed by atoms with Gasteiger partial charge in [0.1, 0.15) is 0 Å². The van der Waals surface area contributed by atoms with Crippen LogP contribution in [0.5, 0.6) is 0 Å². The topological polar surface area (TPSA) is 44.1 Å². The van der Waals surface area contributed by atoms with Crippen LogP contribution in [-0.4, -0.2) is 5.91 Å². The minimum absolute atomic E-state index is 0.0210. The normalized spacial score (nSPS) is 13.2. The molecular weight excluding hydrogens is 307 g/mol. The van der Waals surface area contributed by atoms with Gasteiger partial charge in [0.25, 0.3) is 0 Å². The largest absolute Gasteiger partial charge is 0.307 e. The van der Waals surface area contributed by atoms with E-state index >= 15 is 0 Å². The van der Waals surface area contributed by atoms with E-state index in [0.717, 1.165) is 16.8 Å². The monoisotopic (exact) mass is 316 g/mol. The Hall–Kier alpha value is -2.02. The maximum absolute atomic E-state index is 12.2. The average molecular weight is 317 g/mol. The Balaban J connectivity index is 1.94. The van der Waals surface area contributed by atoms with Gasteiger partial charge in [0.15, 0.2) is 0 Å². The Morgan fingerprint density at radius 2 is 2.00 bits per heavy atom. The lowest BCUT2D eigenvalue weighted by molar-refractivity contribution is -0.117. The molecular formula is C16H10Cl2N2O. The number of anilines is 1. The third-order valence-electron chi connectivity index (χ3n) is 3.49.